The molecule has 0 unspecified atom stereocenters. The summed E-state index contributed by atoms with van der Waals surface area (Å²) < 4.78 is 16.8. The predicted molar refractivity (Wildman–Crippen MR) is 130 cm³/mol. The lowest BCUT2D eigenvalue weighted by Gasteiger charge is -2.20. The Morgan fingerprint density at radius 3 is 2.18 bits per heavy atom. The highest BCUT2D eigenvalue weighted by Crippen LogP contribution is 2.37. The van der Waals surface area contributed by atoms with E-state index in [1.54, 1.807) is 87.1 Å². The molecule has 0 saturated heterocycles. The normalized spacial score (nSPS) is 10.4. The van der Waals surface area contributed by atoms with Crippen LogP contribution in [0.15, 0.2) is 79.0 Å². The average molecular weight is 457 g/mol. The number of pyridine rings is 1. The van der Waals surface area contributed by atoms with Crippen LogP contribution < -0.4 is 24.4 Å². The van der Waals surface area contributed by atoms with Crippen LogP contribution in [0.25, 0.3) is 10.9 Å². The summed E-state index contributed by atoms with van der Waals surface area (Å²) in [5.74, 6) is 1.82. The number of methoxy groups -OCH3 is 2. The number of para-hydroxylation sites is 1. The molecule has 0 aliphatic carbocycles. The van der Waals surface area contributed by atoms with Crippen molar-refractivity contribution in [1.82, 2.24) is 4.98 Å². The van der Waals surface area contributed by atoms with Gasteiger partial charge in [-0.05, 0) is 48.5 Å². The quantitative estimate of drug-likeness (QED) is 0.404. The van der Waals surface area contributed by atoms with E-state index in [0.29, 0.717) is 39.9 Å². The van der Waals surface area contributed by atoms with Crippen LogP contribution in [0.4, 0.5) is 16.2 Å². The second-order valence-electron chi connectivity index (χ2n) is 7.28. The number of urea groups is 1. The van der Waals surface area contributed by atoms with Crippen molar-refractivity contribution >= 4 is 34.2 Å². The fraction of sp³-hybridized carbons (Fsp3) is 0.115. The summed E-state index contributed by atoms with van der Waals surface area (Å²) in [4.78, 5) is 30.4. The molecule has 0 atom stereocenters. The van der Waals surface area contributed by atoms with Gasteiger partial charge in [-0.3, -0.25) is 9.78 Å². The SMILES string of the molecule is COc1cc2nccc(Oc3ccc(N(C(C)=O)C(=O)Nc4ccccc4)cc3)c2cc1OC. The van der Waals surface area contributed by atoms with Crippen LogP contribution in [0.1, 0.15) is 6.92 Å². The molecule has 172 valence electrons. The van der Waals surface area contributed by atoms with Gasteiger partial charge in [0.25, 0.3) is 0 Å². The topological polar surface area (TPSA) is 90.0 Å². The predicted octanol–water partition coefficient (Wildman–Crippen LogP) is 5.63. The molecule has 0 radical (unpaired) electrons. The summed E-state index contributed by atoms with van der Waals surface area (Å²) in [6.45, 7) is 1.33. The molecule has 1 heterocycles. The maximum absolute atomic E-state index is 12.7. The third kappa shape index (κ3) is 4.75. The van der Waals surface area contributed by atoms with Crippen molar-refractivity contribution < 1.29 is 23.8 Å². The molecule has 0 saturated carbocycles. The van der Waals surface area contributed by atoms with Gasteiger partial charge in [-0.25, -0.2) is 9.69 Å². The molecule has 3 aromatic carbocycles. The maximum Gasteiger partial charge on any atom is 0.333 e. The number of imide groups is 1. The lowest BCUT2D eigenvalue weighted by atomic mass is 10.2. The molecule has 4 aromatic rings. The summed E-state index contributed by atoms with van der Waals surface area (Å²) in [5, 5.41) is 3.47. The smallest absolute Gasteiger partial charge is 0.333 e. The highest BCUT2D eigenvalue weighted by Gasteiger charge is 2.20. The van der Waals surface area contributed by atoms with E-state index in [0.717, 1.165) is 10.3 Å². The van der Waals surface area contributed by atoms with Crippen LogP contribution in [0.2, 0.25) is 0 Å². The summed E-state index contributed by atoms with van der Waals surface area (Å²) in [6, 6.07) is 20.4. The fourth-order valence-electron chi connectivity index (χ4n) is 3.47. The Morgan fingerprint density at radius 1 is 0.853 bits per heavy atom. The molecule has 4 rings (SSSR count). The number of ether oxygens (including phenoxy) is 3. The number of fused-ring (bicyclic) bond motifs is 1. The van der Waals surface area contributed by atoms with Crippen LogP contribution >= 0.6 is 0 Å². The minimum absolute atomic E-state index is 0.414. The third-order valence-corrected chi connectivity index (χ3v) is 5.07. The van der Waals surface area contributed by atoms with Gasteiger partial charge in [-0.15, -0.1) is 0 Å². The van der Waals surface area contributed by atoms with Gasteiger partial charge in [0, 0.05) is 30.3 Å². The molecule has 8 heteroatoms. The molecule has 3 amide bonds. The number of aromatic nitrogens is 1. The average Bonchev–Trinajstić information content (AvgIpc) is 2.85. The number of carbonyl (C=O) groups excluding carboxylic acids is 2. The van der Waals surface area contributed by atoms with Gasteiger partial charge in [0.05, 0.1) is 25.4 Å². The first-order valence-electron chi connectivity index (χ1n) is 10.5. The van der Waals surface area contributed by atoms with Gasteiger partial charge < -0.3 is 19.5 Å². The number of rotatable bonds is 6. The monoisotopic (exact) mass is 457 g/mol. The summed E-state index contributed by atoms with van der Waals surface area (Å²) in [7, 11) is 3.13. The number of benzene rings is 3. The highest BCUT2D eigenvalue weighted by molar-refractivity contribution is 6.17. The summed E-state index contributed by atoms with van der Waals surface area (Å²) in [5.41, 5.74) is 1.70. The van der Waals surface area contributed by atoms with Gasteiger partial charge in [0.2, 0.25) is 5.91 Å². The molecule has 0 aliphatic rings. The van der Waals surface area contributed by atoms with Crippen LogP contribution in [0.5, 0.6) is 23.0 Å². The number of hydrogen-bond donors (Lipinski definition) is 1. The first-order valence-corrected chi connectivity index (χ1v) is 10.5. The fourth-order valence-corrected chi connectivity index (χ4v) is 3.47. The minimum atomic E-state index is -0.548. The van der Waals surface area contributed by atoms with E-state index in [9.17, 15) is 9.59 Å². The van der Waals surface area contributed by atoms with Crippen molar-refractivity contribution in [2.24, 2.45) is 0 Å². The van der Waals surface area contributed by atoms with Gasteiger partial charge in [0.1, 0.15) is 11.5 Å². The van der Waals surface area contributed by atoms with Crippen LogP contribution in [0.3, 0.4) is 0 Å². The number of nitrogens with one attached hydrogen (secondary N) is 1. The summed E-state index contributed by atoms with van der Waals surface area (Å²) in [6.07, 6.45) is 1.64. The van der Waals surface area contributed by atoms with Crippen molar-refractivity contribution in [1.29, 1.82) is 0 Å². The van der Waals surface area contributed by atoms with E-state index in [1.807, 2.05) is 6.07 Å². The molecule has 34 heavy (non-hydrogen) atoms. The van der Waals surface area contributed by atoms with Gasteiger partial charge in [-0.1, -0.05) is 18.2 Å². The summed E-state index contributed by atoms with van der Waals surface area (Å²) >= 11 is 0. The van der Waals surface area contributed by atoms with Crippen LogP contribution in [0, 0.1) is 0 Å². The van der Waals surface area contributed by atoms with E-state index in [4.69, 9.17) is 14.2 Å². The Kier molecular flexibility index (Phi) is 6.59. The number of hydrogen-bond acceptors (Lipinski definition) is 6. The highest BCUT2D eigenvalue weighted by atomic mass is 16.5. The third-order valence-electron chi connectivity index (χ3n) is 5.07. The maximum atomic E-state index is 12.7. The van der Waals surface area contributed by atoms with Crippen molar-refractivity contribution in [2.45, 2.75) is 6.92 Å². The Hall–Kier alpha value is -4.59. The van der Waals surface area contributed by atoms with Crippen LogP contribution in [-0.4, -0.2) is 31.1 Å². The number of amides is 3. The Morgan fingerprint density at radius 2 is 1.53 bits per heavy atom. The largest absolute Gasteiger partial charge is 0.493 e. The van der Waals surface area contributed by atoms with Gasteiger partial charge in [-0.2, -0.15) is 0 Å². The number of nitrogens with zero attached hydrogens (tertiary/aromatic N) is 2. The molecule has 1 N–H and O–H groups in total. The molecule has 0 aliphatic heterocycles. The first kappa shape index (κ1) is 22.6. The molecule has 0 spiro atoms. The molecular formula is C26H23N3O5. The molecule has 1 aromatic heterocycles. The van der Waals surface area contributed by atoms with E-state index in [-0.39, 0.29) is 0 Å². The Labute approximate surface area is 196 Å². The molecule has 0 fully saturated rings. The number of carbonyl (C=O) groups is 2. The first-order chi connectivity index (χ1) is 16.5. The standard InChI is InChI=1S/C26H23N3O5/c1-17(30)29(26(31)28-18-7-5-4-6-8-18)19-9-11-20(12-10-19)34-23-13-14-27-22-16-25(33-3)24(32-2)15-21(22)23/h4-16H,1-3H3,(H,28,31). The van der Waals surface area contributed by atoms with E-state index < -0.39 is 11.9 Å². The number of anilines is 2. The van der Waals surface area contributed by atoms with Crippen LogP contribution in [-0.2, 0) is 4.79 Å². The second kappa shape index (κ2) is 9.91. The molecule has 0 bridgehead atoms. The van der Waals surface area contributed by atoms with Crippen molar-refractivity contribution in [2.75, 3.05) is 24.4 Å². The molecule has 8 nitrogen and oxygen atoms in total. The van der Waals surface area contributed by atoms with Crippen molar-refractivity contribution in [3.05, 3.63) is 79.0 Å². The zero-order valence-corrected chi connectivity index (χ0v) is 18.9. The van der Waals surface area contributed by atoms with E-state index >= 15 is 0 Å². The lowest BCUT2D eigenvalue weighted by Crippen LogP contribution is -2.38. The van der Waals surface area contributed by atoms with Crippen molar-refractivity contribution in [3.63, 3.8) is 0 Å². The van der Waals surface area contributed by atoms with E-state index in [2.05, 4.69) is 10.3 Å². The minimum Gasteiger partial charge on any atom is -0.493 e. The molecular weight excluding hydrogens is 434 g/mol. The zero-order chi connectivity index (χ0) is 24.1. The second-order valence-corrected chi connectivity index (χ2v) is 7.28. The zero-order valence-electron chi connectivity index (χ0n) is 18.9. The lowest BCUT2D eigenvalue weighted by molar-refractivity contribution is -0.115. The Bertz CT molecular complexity index is 1320. The van der Waals surface area contributed by atoms with Gasteiger partial charge >= 0.3 is 6.03 Å². The van der Waals surface area contributed by atoms with E-state index in [1.165, 1.54) is 6.92 Å². The van der Waals surface area contributed by atoms with Crippen molar-refractivity contribution in [3.8, 4) is 23.0 Å². The Balaban J connectivity index is 1.58. The van der Waals surface area contributed by atoms with Gasteiger partial charge in [0.15, 0.2) is 11.5 Å².